The average molecular weight is 360 g/mol. The Bertz CT molecular complexity index is 910. The number of ether oxygens (including phenoxy) is 2. The van der Waals surface area contributed by atoms with Crippen molar-refractivity contribution in [2.45, 2.75) is 6.92 Å². The number of rotatable bonds is 2. The van der Waals surface area contributed by atoms with Crippen LogP contribution in [0, 0.1) is 6.92 Å². The fourth-order valence-electron chi connectivity index (χ4n) is 3.43. The molecule has 0 atom stereocenters. The maximum absolute atomic E-state index is 5.53. The summed E-state index contributed by atoms with van der Waals surface area (Å²) in [6.45, 7) is 8.29. The number of aryl methyl sites for hydroxylation is 1. The van der Waals surface area contributed by atoms with Crippen LogP contribution in [0.25, 0.3) is 16.1 Å². The molecule has 2 fully saturated rings. The maximum atomic E-state index is 5.53. The third-order valence-corrected chi connectivity index (χ3v) is 5.69. The molecule has 0 N–H and O–H groups in total. The average Bonchev–Trinajstić information content (AvgIpc) is 3.22. The number of anilines is 2. The molecular formula is C16H20N6O2S. The van der Waals surface area contributed by atoms with Crippen molar-refractivity contribution in [3.63, 3.8) is 0 Å². The number of nitrogens with zero attached hydrogens (tertiary/aromatic N) is 6. The van der Waals surface area contributed by atoms with Crippen molar-refractivity contribution in [3.8, 4) is 0 Å². The van der Waals surface area contributed by atoms with Gasteiger partial charge in [0.25, 0.3) is 0 Å². The first-order chi connectivity index (χ1) is 12.3. The Morgan fingerprint density at radius 2 is 1.60 bits per heavy atom. The van der Waals surface area contributed by atoms with Crippen molar-refractivity contribution >= 4 is 39.2 Å². The summed E-state index contributed by atoms with van der Waals surface area (Å²) in [5.74, 6) is 1.71. The van der Waals surface area contributed by atoms with E-state index < -0.39 is 0 Å². The zero-order valence-corrected chi connectivity index (χ0v) is 15.0. The number of fused-ring (bicyclic) bond motifs is 3. The fraction of sp³-hybridized carbons (Fsp3) is 0.562. The molecule has 5 rings (SSSR count). The summed E-state index contributed by atoms with van der Waals surface area (Å²) in [6, 6.07) is 0. The molecule has 3 aromatic rings. The van der Waals surface area contributed by atoms with Gasteiger partial charge in [0.05, 0.1) is 26.4 Å². The molecule has 0 saturated carbocycles. The Morgan fingerprint density at radius 3 is 2.32 bits per heavy atom. The molecule has 0 bridgehead atoms. The van der Waals surface area contributed by atoms with E-state index in [0.29, 0.717) is 13.2 Å². The van der Waals surface area contributed by atoms with Gasteiger partial charge >= 0.3 is 0 Å². The van der Waals surface area contributed by atoms with Crippen LogP contribution in [0.1, 0.15) is 5.69 Å². The summed E-state index contributed by atoms with van der Waals surface area (Å²) in [6.07, 6.45) is 0. The predicted molar refractivity (Wildman–Crippen MR) is 97.0 cm³/mol. The quantitative estimate of drug-likeness (QED) is 0.683. The monoisotopic (exact) mass is 360 g/mol. The second kappa shape index (κ2) is 6.08. The minimum Gasteiger partial charge on any atom is -0.378 e. The van der Waals surface area contributed by atoms with E-state index >= 15 is 0 Å². The van der Waals surface area contributed by atoms with E-state index in [2.05, 4.69) is 26.5 Å². The van der Waals surface area contributed by atoms with Crippen LogP contribution in [0.2, 0.25) is 0 Å². The number of aromatic nitrogens is 4. The van der Waals surface area contributed by atoms with E-state index in [1.165, 1.54) is 5.69 Å². The summed E-state index contributed by atoms with van der Waals surface area (Å²) >= 11 is 1.64. The van der Waals surface area contributed by atoms with Crippen molar-refractivity contribution in [1.82, 2.24) is 19.4 Å². The molecule has 0 radical (unpaired) electrons. The fourth-order valence-corrected chi connectivity index (χ4v) is 4.29. The third kappa shape index (κ3) is 2.54. The Balaban J connectivity index is 1.71. The third-order valence-electron chi connectivity index (χ3n) is 4.74. The van der Waals surface area contributed by atoms with Crippen molar-refractivity contribution in [2.24, 2.45) is 0 Å². The van der Waals surface area contributed by atoms with Crippen molar-refractivity contribution in [2.75, 3.05) is 62.4 Å². The van der Waals surface area contributed by atoms with Crippen molar-refractivity contribution < 1.29 is 9.47 Å². The van der Waals surface area contributed by atoms with Gasteiger partial charge in [0, 0.05) is 37.3 Å². The topological polar surface area (TPSA) is 68.0 Å². The second-order valence-electron chi connectivity index (χ2n) is 6.33. The van der Waals surface area contributed by atoms with Gasteiger partial charge in [-0.25, -0.2) is 0 Å². The summed E-state index contributed by atoms with van der Waals surface area (Å²) in [7, 11) is 0. The highest BCUT2D eigenvalue weighted by Gasteiger charge is 2.24. The number of imidazole rings is 1. The van der Waals surface area contributed by atoms with Gasteiger partial charge in [-0.15, -0.1) is 11.3 Å². The lowest BCUT2D eigenvalue weighted by molar-refractivity contribution is 0.121. The van der Waals surface area contributed by atoms with Gasteiger partial charge in [-0.3, -0.25) is 4.40 Å². The first kappa shape index (κ1) is 15.3. The first-order valence-electron chi connectivity index (χ1n) is 8.61. The molecule has 5 heterocycles. The van der Waals surface area contributed by atoms with Crippen LogP contribution in [-0.4, -0.2) is 72.0 Å². The summed E-state index contributed by atoms with van der Waals surface area (Å²) < 4.78 is 13.2. The molecule has 0 unspecified atom stereocenters. The van der Waals surface area contributed by atoms with Crippen molar-refractivity contribution in [3.05, 3.63) is 11.1 Å². The summed E-state index contributed by atoms with van der Waals surface area (Å²) in [4.78, 5) is 20.0. The molecule has 3 aromatic heterocycles. The predicted octanol–water partition coefficient (Wildman–Crippen LogP) is 1.32. The van der Waals surface area contributed by atoms with Crippen LogP contribution in [0.3, 0.4) is 0 Å². The molecular weight excluding hydrogens is 340 g/mol. The molecule has 0 aromatic carbocycles. The van der Waals surface area contributed by atoms with Crippen LogP contribution in [-0.2, 0) is 9.47 Å². The standard InChI is InChI=1S/C16H20N6O2S/c1-11-10-25-16-18-13-12(22(11)16)14(20-2-6-23-7-3-20)19-15(17-13)21-4-8-24-9-5-21/h10H,2-9H2,1H3. The van der Waals surface area contributed by atoms with Gasteiger partial charge in [0.15, 0.2) is 16.4 Å². The Labute approximate surface area is 149 Å². The Morgan fingerprint density at radius 1 is 0.920 bits per heavy atom. The lowest BCUT2D eigenvalue weighted by Crippen LogP contribution is -2.39. The highest BCUT2D eigenvalue weighted by atomic mass is 32.1. The molecule has 0 amide bonds. The number of morpholine rings is 2. The van der Waals surface area contributed by atoms with Crippen LogP contribution >= 0.6 is 11.3 Å². The number of thiazole rings is 1. The van der Waals surface area contributed by atoms with Gasteiger partial charge in [0.1, 0.15) is 5.52 Å². The minimum atomic E-state index is 0.714. The van der Waals surface area contributed by atoms with E-state index in [9.17, 15) is 0 Å². The normalized spacial score (nSPS) is 19.2. The molecule has 2 aliphatic heterocycles. The highest BCUT2D eigenvalue weighted by molar-refractivity contribution is 7.15. The molecule has 2 aliphatic rings. The number of hydrogen-bond acceptors (Lipinski definition) is 8. The number of hydrogen-bond donors (Lipinski definition) is 0. The smallest absolute Gasteiger partial charge is 0.229 e. The maximum Gasteiger partial charge on any atom is 0.229 e. The molecule has 0 spiro atoms. The minimum absolute atomic E-state index is 0.714. The molecule has 132 valence electrons. The van der Waals surface area contributed by atoms with E-state index in [1.54, 1.807) is 11.3 Å². The SMILES string of the molecule is Cc1csc2nc3nc(N4CCOCC4)nc(N4CCOCC4)c3n12. The highest BCUT2D eigenvalue weighted by Crippen LogP contribution is 2.31. The lowest BCUT2D eigenvalue weighted by Gasteiger charge is -2.30. The van der Waals surface area contributed by atoms with E-state index in [4.69, 9.17) is 24.4 Å². The van der Waals surface area contributed by atoms with Crippen molar-refractivity contribution in [1.29, 1.82) is 0 Å². The van der Waals surface area contributed by atoms with E-state index in [1.807, 2.05) is 0 Å². The molecule has 9 heteroatoms. The molecule has 0 aliphatic carbocycles. The Kier molecular flexibility index (Phi) is 3.72. The van der Waals surface area contributed by atoms with Gasteiger partial charge < -0.3 is 19.3 Å². The van der Waals surface area contributed by atoms with Gasteiger partial charge in [-0.1, -0.05) is 0 Å². The summed E-state index contributed by atoms with van der Waals surface area (Å²) in [5.41, 5.74) is 2.94. The lowest BCUT2D eigenvalue weighted by atomic mass is 10.3. The van der Waals surface area contributed by atoms with E-state index in [0.717, 1.165) is 67.3 Å². The summed E-state index contributed by atoms with van der Waals surface area (Å²) in [5, 5.41) is 2.13. The largest absolute Gasteiger partial charge is 0.378 e. The van der Waals surface area contributed by atoms with Gasteiger partial charge in [-0.2, -0.15) is 15.0 Å². The molecule has 25 heavy (non-hydrogen) atoms. The van der Waals surface area contributed by atoms with Crippen LogP contribution in [0.15, 0.2) is 5.38 Å². The van der Waals surface area contributed by atoms with Gasteiger partial charge in [0.2, 0.25) is 5.95 Å². The first-order valence-corrected chi connectivity index (χ1v) is 9.49. The molecule has 2 saturated heterocycles. The zero-order chi connectivity index (χ0) is 16.8. The van der Waals surface area contributed by atoms with E-state index in [-0.39, 0.29) is 0 Å². The van der Waals surface area contributed by atoms with Gasteiger partial charge in [-0.05, 0) is 6.92 Å². The second-order valence-corrected chi connectivity index (χ2v) is 7.16. The van der Waals surface area contributed by atoms with Crippen LogP contribution in [0.4, 0.5) is 11.8 Å². The van der Waals surface area contributed by atoms with Crippen LogP contribution in [0.5, 0.6) is 0 Å². The zero-order valence-electron chi connectivity index (χ0n) is 14.1. The molecule has 8 nitrogen and oxygen atoms in total. The van der Waals surface area contributed by atoms with Crippen LogP contribution < -0.4 is 9.80 Å². The Hall–Kier alpha value is -1.97.